The highest BCUT2D eigenvalue weighted by Gasteiger charge is 2.19. The van der Waals surface area contributed by atoms with Crippen molar-refractivity contribution in [1.82, 2.24) is 25.3 Å². The monoisotopic (exact) mass is 263 g/mol. The van der Waals surface area contributed by atoms with Crippen LogP contribution in [0.2, 0.25) is 0 Å². The number of nitrogens with zero attached hydrogens (tertiary/aromatic N) is 3. The van der Waals surface area contributed by atoms with Gasteiger partial charge in [-0.05, 0) is 6.92 Å². The summed E-state index contributed by atoms with van der Waals surface area (Å²) in [5.41, 5.74) is 0. The van der Waals surface area contributed by atoms with Crippen LogP contribution in [0.5, 0.6) is 0 Å². The fourth-order valence-corrected chi connectivity index (χ4v) is 2.25. The first kappa shape index (κ1) is 13.5. The van der Waals surface area contributed by atoms with E-state index in [1.165, 1.54) is 7.11 Å². The van der Waals surface area contributed by atoms with Gasteiger partial charge in [0, 0.05) is 0 Å². The molecule has 0 aliphatic heterocycles. The average Bonchev–Trinajstić information content (AvgIpc) is 2.78. The molecule has 0 saturated carbocycles. The number of esters is 1. The van der Waals surface area contributed by atoms with Gasteiger partial charge in [-0.2, -0.15) is 5.21 Å². The minimum atomic E-state index is -3.58. The molecule has 0 saturated heterocycles. The molecule has 0 bridgehead atoms. The Hall–Kier alpha value is -1.55. The molecule has 1 aromatic heterocycles. The Bertz CT molecular complexity index is 457. The van der Waals surface area contributed by atoms with Crippen molar-refractivity contribution in [3.05, 3.63) is 5.82 Å². The van der Waals surface area contributed by atoms with E-state index in [0.717, 1.165) is 0 Å². The highest BCUT2D eigenvalue weighted by Crippen LogP contribution is 2.06. The third-order valence-electron chi connectivity index (χ3n) is 1.91. The Kier molecular flexibility index (Phi) is 4.52. The SMILES string of the molecule is COC(=O)CCS(=O)(=O)NC(C)c1nn[nH]n1. The normalized spacial score (nSPS) is 13.3. The molecule has 0 aliphatic rings. The van der Waals surface area contributed by atoms with Crippen LogP contribution < -0.4 is 4.72 Å². The van der Waals surface area contributed by atoms with Crippen molar-refractivity contribution in [3.63, 3.8) is 0 Å². The summed E-state index contributed by atoms with van der Waals surface area (Å²) in [4.78, 5) is 10.8. The molecule has 0 aromatic carbocycles. The molecule has 0 spiro atoms. The first-order chi connectivity index (χ1) is 7.94. The molecule has 96 valence electrons. The van der Waals surface area contributed by atoms with Crippen molar-refractivity contribution in [2.45, 2.75) is 19.4 Å². The Balaban J connectivity index is 2.52. The zero-order valence-electron chi connectivity index (χ0n) is 9.37. The Morgan fingerprint density at radius 1 is 1.59 bits per heavy atom. The summed E-state index contributed by atoms with van der Waals surface area (Å²) >= 11 is 0. The van der Waals surface area contributed by atoms with Gasteiger partial charge in [0.1, 0.15) is 0 Å². The average molecular weight is 263 g/mol. The maximum atomic E-state index is 11.6. The molecule has 0 amide bonds. The van der Waals surface area contributed by atoms with Gasteiger partial charge in [0.05, 0.1) is 25.3 Å². The molecule has 1 unspecified atom stereocenters. The maximum Gasteiger partial charge on any atom is 0.306 e. The fourth-order valence-electron chi connectivity index (χ4n) is 1.05. The van der Waals surface area contributed by atoms with Crippen LogP contribution in [0.1, 0.15) is 25.2 Å². The van der Waals surface area contributed by atoms with Gasteiger partial charge in [0.15, 0.2) is 5.82 Å². The summed E-state index contributed by atoms with van der Waals surface area (Å²) < 4.78 is 29.8. The number of nitrogens with one attached hydrogen (secondary N) is 2. The van der Waals surface area contributed by atoms with E-state index in [-0.39, 0.29) is 18.0 Å². The fraction of sp³-hybridized carbons (Fsp3) is 0.714. The molecular formula is C7H13N5O4S. The van der Waals surface area contributed by atoms with Crippen LogP contribution >= 0.6 is 0 Å². The molecule has 9 nitrogen and oxygen atoms in total. The number of sulfonamides is 1. The number of tetrazole rings is 1. The van der Waals surface area contributed by atoms with E-state index >= 15 is 0 Å². The van der Waals surface area contributed by atoms with E-state index in [4.69, 9.17) is 0 Å². The standard InChI is InChI=1S/C7H13N5O4S/c1-5(7-8-11-12-9-7)10-17(14,15)4-3-6(13)16-2/h5,10H,3-4H2,1-2H3,(H,8,9,11,12). The van der Waals surface area contributed by atoms with Crippen molar-refractivity contribution in [2.75, 3.05) is 12.9 Å². The minimum absolute atomic E-state index is 0.204. The van der Waals surface area contributed by atoms with Crippen LogP contribution in [-0.2, 0) is 19.6 Å². The molecule has 0 radical (unpaired) electrons. The predicted molar refractivity (Wildman–Crippen MR) is 56.1 cm³/mol. The van der Waals surface area contributed by atoms with Gasteiger partial charge in [0.25, 0.3) is 0 Å². The number of hydrogen-bond acceptors (Lipinski definition) is 7. The molecule has 1 aromatic rings. The number of H-pyrrole nitrogens is 1. The Morgan fingerprint density at radius 2 is 2.29 bits per heavy atom. The molecule has 10 heteroatoms. The van der Waals surface area contributed by atoms with Crippen LogP contribution in [-0.4, -0.2) is 47.9 Å². The second-order valence-corrected chi connectivity index (χ2v) is 5.13. The largest absolute Gasteiger partial charge is 0.469 e. The number of aromatic amines is 1. The summed E-state index contributed by atoms with van der Waals surface area (Å²) in [5, 5.41) is 12.8. The smallest absolute Gasteiger partial charge is 0.306 e. The lowest BCUT2D eigenvalue weighted by Gasteiger charge is -2.09. The number of carbonyl (C=O) groups excluding carboxylic acids is 1. The number of rotatable bonds is 6. The molecular weight excluding hydrogens is 250 g/mol. The van der Waals surface area contributed by atoms with Gasteiger partial charge >= 0.3 is 5.97 Å². The maximum absolute atomic E-state index is 11.6. The summed E-state index contributed by atoms with van der Waals surface area (Å²) in [6.07, 6.45) is -0.204. The van der Waals surface area contributed by atoms with Crippen molar-refractivity contribution < 1.29 is 17.9 Å². The van der Waals surface area contributed by atoms with E-state index in [0.29, 0.717) is 0 Å². The van der Waals surface area contributed by atoms with Crippen LogP contribution in [0.25, 0.3) is 0 Å². The van der Waals surface area contributed by atoms with Gasteiger partial charge in [-0.1, -0.05) is 5.21 Å². The number of methoxy groups -OCH3 is 1. The first-order valence-electron chi connectivity index (χ1n) is 4.75. The highest BCUT2D eigenvalue weighted by molar-refractivity contribution is 7.89. The van der Waals surface area contributed by atoms with Crippen molar-refractivity contribution in [1.29, 1.82) is 0 Å². The summed E-state index contributed by atoms with van der Waals surface area (Å²) in [7, 11) is -2.39. The number of aromatic nitrogens is 4. The lowest BCUT2D eigenvalue weighted by atomic mass is 10.4. The Morgan fingerprint density at radius 3 is 2.82 bits per heavy atom. The highest BCUT2D eigenvalue weighted by atomic mass is 32.2. The predicted octanol–water partition coefficient (Wildman–Crippen LogP) is -1.26. The van der Waals surface area contributed by atoms with Gasteiger partial charge in [0.2, 0.25) is 10.0 Å². The van der Waals surface area contributed by atoms with Crippen molar-refractivity contribution in [3.8, 4) is 0 Å². The molecule has 2 N–H and O–H groups in total. The first-order valence-corrected chi connectivity index (χ1v) is 6.40. The lowest BCUT2D eigenvalue weighted by molar-refractivity contribution is -0.140. The van der Waals surface area contributed by atoms with Crippen LogP contribution in [0, 0.1) is 0 Å². The second-order valence-electron chi connectivity index (χ2n) is 3.25. The molecule has 0 aliphatic carbocycles. The molecule has 1 heterocycles. The summed E-state index contributed by atoms with van der Waals surface area (Å²) in [6.45, 7) is 1.57. The zero-order chi connectivity index (χ0) is 12.9. The van der Waals surface area contributed by atoms with Gasteiger partial charge < -0.3 is 4.74 Å². The number of hydrogen-bond donors (Lipinski definition) is 2. The summed E-state index contributed by atoms with van der Waals surface area (Å²) in [6, 6.07) is -0.614. The van der Waals surface area contributed by atoms with E-state index < -0.39 is 22.0 Å². The van der Waals surface area contributed by atoms with Crippen LogP contribution in [0.3, 0.4) is 0 Å². The third kappa shape index (κ3) is 4.44. The quantitative estimate of drug-likeness (QED) is 0.613. The second kappa shape index (κ2) is 5.68. The summed E-state index contributed by atoms with van der Waals surface area (Å²) in [5.74, 6) is -0.698. The molecule has 17 heavy (non-hydrogen) atoms. The van der Waals surface area contributed by atoms with Crippen molar-refractivity contribution in [2.24, 2.45) is 0 Å². The van der Waals surface area contributed by atoms with Crippen LogP contribution in [0.15, 0.2) is 0 Å². The van der Waals surface area contributed by atoms with Gasteiger partial charge in [-0.25, -0.2) is 13.1 Å². The van der Waals surface area contributed by atoms with E-state index in [1.807, 2.05) is 0 Å². The lowest BCUT2D eigenvalue weighted by Crippen LogP contribution is -2.30. The van der Waals surface area contributed by atoms with E-state index in [2.05, 4.69) is 30.1 Å². The van der Waals surface area contributed by atoms with Crippen molar-refractivity contribution >= 4 is 16.0 Å². The molecule has 0 fully saturated rings. The van der Waals surface area contributed by atoms with Gasteiger partial charge in [-0.15, -0.1) is 10.2 Å². The molecule has 1 atom stereocenters. The van der Waals surface area contributed by atoms with Crippen LogP contribution in [0.4, 0.5) is 0 Å². The zero-order valence-corrected chi connectivity index (χ0v) is 10.2. The van der Waals surface area contributed by atoms with E-state index in [1.54, 1.807) is 6.92 Å². The number of ether oxygens (including phenoxy) is 1. The number of carbonyl (C=O) groups is 1. The third-order valence-corrected chi connectivity index (χ3v) is 3.36. The van der Waals surface area contributed by atoms with Gasteiger partial charge in [-0.3, -0.25) is 4.79 Å². The molecule has 1 rings (SSSR count). The topological polar surface area (TPSA) is 127 Å². The van der Waals surface area contributed by atoms with E-state index in [9.17, 15) is 13.2 Å². The minimum Gasteiger partial charge on any atom is -0.469 e. The Labute approximate surface area is 98.0 Å².